The highest BCUT2D eigenvalue weighted by Crippen LogP contribution is 2.40. The third-order valence-corrected chi connectivity index (χ3v) is 3.80. The highest BCUT2D eigenvalue weighted by atomic mass is 19.4. The Morgan fingerprint density at radius 1 is 0.952 bits per heavy atom. The number of amides is 1. The Morgan fingerprint density at radius 2 is 1.43 bits per heavy atom. The van der Waals surface area contributed by atoms with Crippen molar-refractivity contribution in [2.24, 2.45) is 5.92 Å². The fraction of sp³-hybridized carbons (Fsp3) is 0.909. The lowest BCUT2D eigenvalue weighted by molar-refractivity contribution is -0.278. The van der Waals surface area contributed by atoms with Crippen LogP contribution in [0.1, 0.15) is 0 Å². The molecular formula is C11H15F6N3O. The number of nitrogens with zero attached hydrogens (tertiary/aromatic N) is 2. The number of carbonyl (C=O) groups excluding carboxylic acids is 1. The summed E-state index contributed by atoms with van der Waals surface area (Å²) in [7, 11) is 0. The normalized spacial score (nSPS) is 22.5. The number of alkyl halides is 6. The molecule has 21 heavy (non-hydrogen) atoms. The standard InChI is InChI=1S/C11H15F6N3O/c12-10(13,14)8(11(15,16)17)9(21)20-3-1-19(2-4-20)7-5-18-6-7/h7-8,18H,1-6H2. The maximum Gasteiger partial charge on any atom is 0.409 e. The number of hydrogen-bond acceptors (Lipinski definition) is 3. The van der Waals surface area contributed by atoms with Gasteiger partial charge in [0.05, 0.1) is 0 Å². The molecule has 2 rings (SSSR count). The molecule has 122 valence electrons. The predicted octanol–water partition coefficient (Wildman–Crippen LogP) is 0.843. The maximum atomic E-state index is 12.5. The number of halogens is 6. The number of rotatable bonds is 2. The second kappa shape index (κ2) is 5.64. The van der Waals surface area contributed by atoms with E-state index in [-0.39, 0.29) is 19.1 Å². The van der Waals surface area contributed by atoms with E-state index < -0.39 is 24.2 Å². The molecule has 0 aliphatic carbocycles. The van der Waals surface area contributed by atoms with Crippen LogP contribution in [0.3, 0.4) is 0 Å². The summed E-state index contributed by atoms with van der Waals surface area (Å²) in [6, 6.07) is 0.253. The quantitative estimate of drug-likeness (QED) is 0.767. The van der Waals surface area contributed by atoms with E-state index in [1.54, 1.807) is 0 Å². The zero-order chi connectivity index (χ0) is 15.8. The van der Waals surface area contributed by atoms with Crippen LogP contribution >= 0.6 is 0 Å². The van der Waals surface area contributed by atoms with Gasteiger partial charge in [0, 0.05) is 45.3 Å². The molecule has 2 aliphatic heterocycles. The largest absolute Gasteiger partial charge is 0.409 e. The first-order valence-electron chi connectivity index (χ1n) is 6.47. The molecule has 0 aromatic carbocycles. The van der Waals surface area contributed by atoms with Gasteiger partial charge in [-0.15, -0.1) is 0 Å². The molecule has 0 aromatic heterocycles. The lowest BCUT2D eigenvalue weighted by Crippen LogP contribution is -2.63. The van der Waals surface area contributed by atoms with Crippen LogP contribution in [0.4, 0.5) is 26.3 Å². The Labute approximate surface area is 117 Å². The van der Waals surface area contributed by atoms with Gasteiger partial charge < -0.3 is 10.2 Å². The van der Waals surface area contributed by atoms with Gasteiger partial charge in [0.15, 0.2) is 0 Å². The summed E-state index contributed by atoms with van der Waals surface area (Å²) >= 11 is 0. The zero-order valence-corrected chi connectivity index (χ0v) is 11.0. The Hall–Kier alpha value is -1.03. The van der Waals surface area contributed by atoms with Gasteiger partial charge in [0.1, 0.15) is 0 Å². The van der Waals surface area contributed by atoms with E-state index in [9.17, 15) is 31.1 Å². The van der Waals surface area contributed by atoms with E-state index in [2.05, 4.69) is 5.32 Å². The third kappa shape index (κ3) is 3.60. The first kappa shape index (κ1) is 16.3. The average molecular weight is 319 g/mol. The smallest absolute Gasteiger partial charge is 0.339 e. The van der Waals surface area contributed by atoms with E-state index in [1.807, 2.05) is 4.90 Å². The number of hydrogen-bond donors (Lipinski definition) is 1. The highest BCUT2D eigenvalue weighted by molar-refractivity contribution is 5.80. The topological polar surface area (TPSA) is 35.6 Å². The fourth-order valence-electron chi connectivity index (χ4n) is 2.49. The second-order valence-electron chi connectivity index (χ2n) is 5.19. The fourth-order valence-corrected chi connectivity index (χ4v) is 2.49. The molecule has 4 nitrogen and oxygen atoms in total. The van der Waals surface area contributed by atoms with E-state index in [1.165, 1.54) is 0 Å². The number of carbonyl (C=O) groups is 1. The molecule has 0 bridgehead atoms. The minimum Gasteiger partial charge on any atom is -0.339 e. The molecular weight excluding hydrogens is 304 g/mol. The highest BCUT2D eigenvalue weighted by Gasteiger charge is 2.62. The van der Waals surface area contributed by atoms with Crippen LogP contribution < -0.4 is 5.32 Å². The van der Waals surface area contributed by atoms with Gasteiger partial charge in [-0.05, 0) is 0 Å². The lowest BCUT2D eigenvalue weighted by Gasteiger charge is -2.43. The summed E-state index contributed by atoms with van der Waals surface area (Å²) in [4.78, 5) is 14.2. The molecule has 2 heterocycles. The van der Waals surface area contributed by atoms with Crippen molar-refractivity contribution < 1.29 is 31.1 Å². The summed E-state index contributed by atoms with van der Waals surface area (Å²) in [5.74, 6) is -5.83. The van der Waals surface area contributed by atoms with Crippen LogP contribution in [-0.4, -0.2) is 73.4 Å². The van der Waals surface area contributed by atoms with Gasteiger partial charge in [-0.25, -0.2) is 0 Å². The van der Waals surface area contributed by atoms with E-state index in [0.29, 0.717) is 18.0 Å². The number of nitrogens with one attached hydrogen (secondary N) is 1. The molecule has 2 aliphatic rings. The Balaban J connectivity index is 1.99. The van der Waals surface area contributed by atoms with Crippen LogP contribution in [0.2, 0.25) is 0 Å². The molecule has 0 spiro atoms. The Kier molecular flexibility index (Phi) is 4.39. The van der Waals surface area contributed by atoms with Crippen molar-refractivity contribution >= 4 is 5.91 Å². The van der Waals surface area contributed by atoms with E-state index >= 15 is 0 Å². The van der Waals surface area contributed by atoms with Gasteiger partial charge in [-0.1, -0.05) is 0 Å². The molecule has 0 saturated carbocycles. The zero-order valence-electron chi connectivity index (χ0n) is 11.0. The molecule has 0 radical (unpaired) electrons. The van der Waals surface area contributed by atoms with Crippen LogP contribution in [0.25, 0.3) is 0 Å². The minimum absolute atomic E-state index is 0.113. The molecule has 1 N–H and O–H groups in total. The van der Waals surface area contributed by atoms with Crippen molar-refractivity contribution in [3.05, 3.63) is 0 Å². The van der Waals surface area contributed by atoms with Gasteiger partial charge in [-0.2, -0.15) is 26.3 Å². The first-order valence-corrected chi connectivity index (χ1v) is 6.47. The van der Waals surface area contributed by atoms with Crippen molar-refractivity contribution in [1.29, 1.82) is 0 Å². The van der Waals surface area contributed by atoms with Crippen LogP contribution in [0.5, 0.6) is 0 Å². The lowest BCUT2D eigenvalue weighted by atomic mass is 10.1. The van der Waals surface area contributed by atoms with Crippen LogP contribution in [0, 0.1) is 5.92 Å². The average Bonchev–Trinajstić information content (AvgIpc) is 2.23. The monoisotopic (exact) mass is 319 g/mol. The van der Waals surface area contributed by atoms with Crippen molar-refractivity contribution in [2.45, 2.75) is 18.4 Å². The van der Waals surface area contributed by atoms with Crippen molar-refractivity contribution in [2.75, 3.05) is 39.3 Å². The SMILES string of the molecule is O=C(C(C(F)(F)F)C(F)(F)F)N1CCN(C2CNC2)CC1. The van der Waals surface area contributed by atoms with Crippen LogP contribution in [0.15, 0.2) is 0 Å². The van der Waals surface area contributed by atoms with E-state index in [4.69, 9.17) is 0 Å². The molecule has 0 unspecified atom stereocenters. The van der Waals surface area contributed by atoms with E-state index in [0.717, 1.165) is 13.1 Å². The van der Waals surface area contributed by atoms with Gasteiger partial charge in [0.25, 0.3) is 0 Å². The summed E-state index contributed by atoms with van der Waals surface area (Å²) < 4.78 is 75.0. The van der Waals surface area contributed by atoms with Gasteiger partial charge in [0.2, 0.25) is 11.8 Å². The van der Waals surface area contributed by atoms with Crippen molar-refractivity contribution in [1.82, 2.24) is 15.1 Å². The molecule has 2 saturated heterocycles. The Morgan fingerprint density at radius 3 is 1.76 bits per heavy atom. The number of piperazine rings is 1. The maximum absolute atomic E-state index is 12.5. The summed E-state index contributed by atoms with van der Waals surface area (Å²) in [5.41, 5.74) is 0. The minimum atomic E-state index is -5.62. The molecule has 1 amide bonds. The predicted molar refractivity (Wildman–Crippen MR) is 60.4 cm³/mol. The van der Waals surface area contributed by atoms with Crippen molar-refractivity contribution in [3.8, 4) is 0 Å². The second-order valence-corrected chi connectivity index (χ2v) is 5.19. The van der Waals surface area contributed by atoms with Gasteiger partial charge in [-0.3, -0.25) is 9.69 Å². The van der Waals surface area contributed by atoms with Crippen LogP contribution in [-0.2, 0) is 4.79 Å². The molecule has 2 fully saturated rings. The molecule has 0 aromatic rings. The van der Waals surface area contributed by atoms with Gasteiger partial charge >= 0.3 is 12.4 Å². The molecule has 10 heteroatoms. The summed E-state index contributed by atoms with van der Waals surface area (Å²) in [6.07, 6.45) is -11.2. The summed E-state index contributed by atoms with van der Waals surface area (Å²) in [6.45, 7) is 1.86. The Bertz CT molecular complexity index is 370. The third-order valence-electron chi connectivity index (χ3n) is 3.80. The summed E-state index contributed by atoms with van der Waals surface area (Å²) in [5, 5.41) is 3.03. The van der Waals surface area contributed by atoms with Crippen molar-refractivity contribution in [3.63, 3.8) is 0 Å². The molecule has 0 atom stereocenters. The first-order chi connectivity index (χ1) is 9.60.